The molecule has 2 nitrogen and oxygen atoms in total. The normalized spacial score (nSPS) is 18.0. The lowest BCUT2D eigenvalue weighted by Gasteiger charge is -2.41. The predicted molar refractivity (Wildman–Crippen MR) is 166 cm³/mol. The van der Waals surface area contributed by atoms with E-state index in [4.69, 9.17) is 0 Å². The lowest BCUT2D eigenvalue weighted by atomic mass is 9.79. The van der Waals surface area contributed by atoms with Gasteiger partial charge in [0.15, 0.2) is 0 Å². The van der Waals surface area contributed by atoms with Gasteiger partial charge in [0.25, 0.3) is 0 Å². The summed E-state index contributed by atoms with van der Waals surface area (Å²) in [5.74, 6) is 0.338. The van der Waals surface area contributed by atoms with Crippen molar-refractivity contribution in [2.45, 2.75) is 45.4 Å². The number of anilines is 4. The molecule has 0 saturated heterocycles. The third kappa shape index (κ3) is 4.21. The van der Waals surface area contributed by atoms with Gasteiger partial charge in [0.2, 0.25) is 0 Å². The molecule has 0 spiro atoms. The highest BCUT2D eigenvalue weighted by Crippen LogP contribution is 2.54. The van der Waals surface area contributed by atoms with Crippen molar-refractivity contribution in [2.75, 3.05) is 9.57 Å². The standard InChI is InChI=1S/C33H34N2P2/c1-3-10-24-21-31-28(20-19-23-11-4-6-17-29(23)35(31)37)33-32(24)22(2)27-16-5-7-18-30(27)34(33)25-12-8-14-26(36)15-9-13-25/h4-9,11-18,21-22H,3,10,19-20,36-37H2,1-2H3. The largest absolute Gasteiger partial charge is 0.325 e. The molecule has 3 unspecified atom stereocenters. The van der Waals surface area contributed by atoms with Crippen LogP contribution in [-0.4, -0.2) is 0 Å². The minimum Gasteiger partial charge on any atom is -0.325 e. The molecule has 186 valence electrons. The smallest absolute Gasteiger partial charge is 0.0555 e. The molecular formula is C33H34N2P2. The van der Waals surface area contributed by atoms with E-state index < -0.39 is 0 Å². The Bertz CT molecular complexity index is 1490. The second kappa shape index (κ2) is 10.1. The van der Waals surface area contributed by atoms with Gasteiger partial charge in [-0.15, -0.1) is 9.24 Å². The van der Waals surface area contributed by atoms with Crippen LogP contribution in [-0.2, 0) is 19.3 Å². The third-order valence-electron chi connectivity index (χ3n) is 7.85. The van der Waals surface area contributed by atoms with Crippen LogP contribution >= 0.6 is 18.6 Å². The molecule has 0 bridgehead atoms. The lowest BCUT2D eigenvalue weighted by molar-refractivity contribution is 0.824. The maximum atomic E-state index is 3.03. The fourth-order valence-corrected chi connectivity index (χ4v) is 6.87. The molecule has 0 aromatic heterocycles. The number of benzene rings is 3. The highest BCUT2D eigenvalue weighted by molar-refractivity contribution is 7.23. The van der Waals surface area contributed by atoms with E-state index in [-0.39, 0.29) is 0 Å². The third-order valence-corrected chi connectivity index (χ3v) is 8.79. The first-order valence-electron chi connectivity index (χ1n) is 13.3. The van der Waals surface area contributed by atoms with E-state index in [0.717, 1.165) is 25.7 Å². The summed E-state index contributed by atoms with van der Waals surface area (Å²) in [6, 6.07) is 20.3. The van der Waals surface area contributed by atoms with Crippen LogP contribution in [0.4, 0.5) is 22.7 Å². The summed E-state index contributed by atoms with van der Waals surface area (Å²) in [5.41, 5.74) is 13.7. The molecule has 0 N–H and O–H groups in total. The Morgan fingerprint density at radius 2 is 1.65 bits per heavy atom. The lowest BCUT2D eigenvalue weighted by Crippen LogP contribution is -2.27. The van der Waals surface area contributed by atoms with E-state index in [1.165, 1.54) is 61.6 Å². The number of para-hydroxylation sites is 2. The van der Waals surface area contributed by atoms with E-state index in [1.54, 1.807) is 0 Å². The van der Waals surface area contributed by atoms with Gasteiger partial charge in [-0.25, -0.2) is 0 Å². The first-order valence-corrected chi connectivity index (χ1v) is 14.4. The van der Waals surface area contributed by atoms with Crippen LogP contribution in [0.5, 0.6) is 0 Å². The Hall–Kier alpha value is -2.92. The minimum absolute atomic E-state index is 0.338. The van der Waals surface area contributed by atoms with Crippen molar-refractivity contribution in [2.24, 2.45) is 0 Å². The first kappa shape index (κ1) is 24.4. The summed E-state index contributed by atoms with van der Waals surface area (Å²) < 4.78 is 2.35. The molecule has 3 atom stereocenters. The summed E-state index contributed by atoms with van der Waals surface area (Å²) in [6.07, 6.45) is 17.4. The molecule has 1 aliphatic carbocycles. The van der Waals surface area contributed by atoms with Crippen molar-refractivity contribution in [3.8, 4) is 0 Å². The number of aryl methyl sites for hydroxylation is 2. The molecule has 2 aliphatic heterocycles. The average Bonchev–Trinajstić information content (AvgIpc) is 3.04. The summed E-state index contributed by atoms with van der Waals surface area (Å²) in [6.45, 7) is 4.69. The molecule has 4 heteroatoms. The van der Waals surface area contributed by atoms with Gasteiger partial charge in [0.1, 0.15) is 0 Å². The summed E-state index contributed by atoms with van der Waals surface area (Å²) in [4.78, 5) is 2.54. The summed E-state index contributed by atoms with van der Waals surface area (Å²) in [5, 5.41) is 1.18. The van der Waals surface area contributed by atoms with Gasteiger partial charge in [-0.05, 0) is 86.6 Å². The van der Waals surface area contributed by atoms with Crippen LogP contribution in [0.25, 0.3) is 0 Å². The van der Waals surface area contributed by atoms with Gasteiger partial charge in [0, 0.05) is 34.2 Å². The van der Waals surface area contributed by atoms with Gasteiger partial charge < -0.3 is 9.57 Å². The SMILES string of the molecule is CCCc1cc2c(c3c1C(C)c1ccccc1N3C1=CC=CC(P)=CC=C1)CCc1ccccc1N2P. The molecule has 0 radical (unpaired) electrons. The molecule has 3 aromatic carbocycles. The van der Waals surface area contributed by atoms with Crippen molar-refractivity contribution < 1.29 is 0 Å². The van der Waals surface area contributed by atoms with E-state index >= 15 is 0 Å². The van der Waals surface area contributed by atoms with Crippen LogP contribution in [0.2, 0.25) is 0 Å². The number of fused-ring (bicyclic) bond motifs is 5. The molecule has 6 rings (SSSR count). The zero-order valence-corrected chi connectivity index (χ0v) is 23.9. The predicted octanol–water partition coefficient (Wildman–Crippen LogP) is 9.04. The summed E-state index contributed by atoms with van der Waals surface area (Å²) >= 11 is 0. The molecule has 3 aliphatic rings. The fourth-order valence-electron chi connectivity index (χ4n) is 6.17. The fraction of sp³-hybridized carbons (Fsp3) is 0.212. The quantitative estimate of drug-likeness (QED) is 0.318. The molecule has 0 amide bonds. The Balaban J connectivity index is 1.66. The first-order chi connectivity index (χ1) is 18.1. The highest BCUT2D eigenvalue weighted by Gasteiger charge is 2.35. The zero-order chi connectivity index (χ0) is 25.5. The van der Waals surface area contributed by atoms with Crippen molar-refractivity contribution in [3.05, 3.63) is 130 Å². The van der Waals surface area contributed by atoms with Gasteiger partial charge in [-0.1, -0.05) is 81.0 Å². The van der Waals surface area contributed by atoms with E-state index in [0.29, 0.717) is 5.92 Å². The second-order valence-electron chi connectivity index (χ2n) is 10.1. The number of hydrogen-bond donors (Lipinski definition) is 0. The van der Waals surface area contributed by atoms with Crippen LogP contribution in [0.1, 0.15) is 54.0 Å². The average molecular weight is 521 g/mol. The second-order valence-corrected chi connectivity index (χ2v) is 11.3. The van der Waals surface area contributed by atoms with Gasteiger partial charge in [-0.2, -0.15) is 0 Å². The molecule has 0 saturated carbocycles. The molecule has 3 aromatic rings. The molecular weight excluding hydrogens is 486 g/mol. The number of hydrogen-bond acceptors (Lipinski definition) is 2. The van der Waals surface area contributed by atoms with Crippen LogP contribution in [0.15, 0.2) is 102 Å². The van der Waals surface area contributed by atoms with Crippen LogP contribution < -0.4 is 9.57 Å². The zero-order valence-electron chi connectivity index (χ0n) is 21.6. The number of rotatable bonds is 3. The topological polar surface area (TPSA) is 6.48 Å². The highest BCUT2D eigenvalue weighted by atomic mass is 31.0. The van der Waals surface area contributed by atoms with Crippen molar-refractivity contribution in [3.63, 3.8) is 0 Å². The van der Waals surface area contributed by atoms with E-state index in [9.17, 15) is 0 Å². The van der Waals surface area contributed by atoms with E-state index in [2.05, 4.69) is 133 Å². The molecule has 37 heavy (non-hydrogen) atoms. The Kier molecular flexibility index (Phi) is 6.66. The maximum Gasteiger partial charge on any atom is 0.0555 e. The van der Waals surface area contributed by atoms with Gasteiger partial charge in [-0.3, -0.25) is 0 Å². The van der Waals surface area contributed by atoms with Gasteiger partial charge >= 0.3 is 0 Å². The van der Waals surface area contributed by atoms with Crippen molar-refractivity contribution >= 4 is 41.4 Å². The number of nitrogens with zero attached hydrogens (tertiary/aromatic N) is 2. The summed E-state index contributed by atoms with van der Waals surface area (Å²) in [7, 11) is 5.83. The van der Waals surface area contributed by atoms with E-state index in [1.807, 2.05) is 0 Å². The maximum absolute atomic E-state index is 3.03. The molecule has 2 heterocycles. The number of allylic oxidation sites excluding steroid dienone is 7. The minimum atomic E-state index is 0.338. The van der Waals surface area contributed by atoms with Crippen LogP contribution in [0.3, 0.4) is 0 Å². The Morgan fingerprint density at radius 1 is 0.892 bits per heavy atom. The Labute approximate surface area is 225 Å². The van der Waals surface area contributed by atoms with Gasteiger partial charge in [0.05, 0.1) is 5.69 Å². The van der Waals surface area contributed by atoms with Crippen LogP contribution in [0, 0.1) is 0 Å². The van der Waals surface area contributed by atoms with Crippen molar-refractivity contribution in [1.29, 1.82) is 0 Å². The van der Waals surface area contributed by atoms with Crippen molar-refractivity contribution in [1.82, 2.24) is 0 Å². The monoisotopic (exact) mass is 520 g/mol. The molecule has 0 fully saturated rings. The Morgan fingerprint density at radius 3 is 2.49 bits per heavy atom.